The van der Waals surface area contributed by atoms with Gasteiger partial charge in [-0.1, -0.05) is 23.2 Å². The van der Waals surface area contributed by atoms with Gasteiger partial charge in [-0.3, -0.25) is 9.78 Å². The van der Waals surface area contributed by atoms with Crippen molar-refractivity contribution in [3.63, 3.8) is 0 Å². The maximum Gasteiger partial charge on any atom is 0.227 e. The molecule has 0 aliphatic carbocycles. The fourth-order valence-electron chi connectivity index (χ4n) is 1.88. The van der Waals surface area contributed by atoms with Crippen LogP contribution < -0.4 is 5.32 Å². The lowest BCUT2D eigenvalue weighted by molar-refractivity contribution is -0.118. The molecule has 0 saturated carbocycles. The van der Waals surface area contributed by atoms with Crippen LogP contribution in [-0.2, 0) is 4.79 Å². The number of amides is 1. The molecule has 1 aromatic carbocycles. The molecule has 1 unspecified atom stereocenters. The number of anilines is 1. The number of hydrogen-bond donors (Lipinski definition) is 2. The molecule has 1 aromatic heterocycles. The number of carbonyl (C=O) groups is 1. The highest BCUT2D eigenvalue weighted by molar-refractivity contribution is 6.34. The van der Waals surface area contributed by atoms with E-state index >= 15 is 0 Å². The van der Waals surface area contributed by atoms with Crippen molar-refractivity contribution in [1.29, 1.82) is 0 Å². The van der Waals surface area contributed by atoms with Crippen LogP contribution in [0.15, 0.2) is 36.5 Å². The van der Waals surface area contributed by atoms with Crippen LogP contribution in [0.25, 0.3) is 0 Å². The second kappa shape index (κ2) is 6.89. The first-order valence-corrected chi connectivity index (χ1v) is 7.07. The van der Waals surface area contributed by atoms with E-state index in [2.05, 4.69) is 10.3 Å². The van der Waals surface area contributed by atoms with E-state index in [9.17, 15) is 9.90 Å². The number of benzene rings is 1. The van der Waals surface area contributed by atoms with Gasteiger partial charge in [0.25, 0.3) is 0 Å². The third-order valence-corrected chi connectivity index (χ3v) is 3.37. The van der Waals surface area contributed by atoms with Crippen LogP contribution in [0.2, 0.25) is 10.0 Å². The summed E-state index contributed by atoms with van der Waals surface area (Å²) in [7, 11) is 0. The molecule has 0 radical (unpaired) electrons. The minimum absolute atomic E-state index is 0.0923. The predicted molar refractivity (Wildman–Crippen MR) is 83.6 cm³/mol. The number of hydrogen-bond acceptors (Lipinski definition) is 3. The van der Waals surface area contributed by atoms with Crippen molar-refractivity contribution >= 4 is 34.8 Å². The summed E-state index contributed by atoms with van der Waals surface area (Å²) >= 11 is 11.8. The van der Waals surface area contributed by atoms with Crippen molar-refractivity contribution < 1.29 is 9.90 Å². The highest BCUT2D eigenvalue weighted by atomic mass is 35.5. The Balaban J connectivity index is 2.04. The van der Waals surface area contributed by atoms with Crippen LogP contribution >= 0.6 is 23.2 Å². The summed E-state index contributed by atoms with van der Waals surface area (Å²) in [6, 6.07) is 8.22. The van der Waals surface area contributed by atoms with Gasteiger partial charge in [0.15, 0.2) is 0 Å². The Morgan fingerprint density at radius 1 is 1.33 bits per heavy atom. The molecule has 4 nitrogen and oxygen atoms in total. The van der Waals surface area contributed by atoms with E-state index in [1.54, 1.807) is 43.5 Å². The first-order chi connectivity index (χ1) is 9.95. The molecule has 6 heteroatoms. The molecule has 21 heavy (non-hydrogen) atoms. The van der Waals surface area contributed by atoms with Crippen molar-refractivity contribution in [1.82, 2.24) is 4.98 Å². The van der Waals surface area contributed by atoms with Gasteiger partial charge in [0.2, 0.25) is 5.91 Å². The maximum atomic E-state index is 12.0. The van der Waals surface area contributed by atoms with Gasteiger partial charge in [-0.15, -0.1) is 0 Å². The molecular formula is C15H14Cl2N2O2. The number of aromatic nitrogens is 1. The van der Waals surface area contributed by atoms with E-state index in [0.29, 0.717) is 27.0 Å². The lowest BCUT2D eigenvalue weighted by Gasteiger charge is -2.13. The fraction of sp³-hybridized carbons (Fsp3) is 0.200. The molecule has 0 aliphatic heterocycles. The average molecular weight is 325 g/mol. The zero-order chi connectivity index (χ0) is 15.4. The summed E-state index contributed by atoms with van der Waals surface area (Å²) in [5.74, 6) is -0.310. The molecule has 2 aromatic rings. The second-order valence-corrected chi connectivity index (χ2v) is 5.48. The predicted octanol–water partition coefficient (Wildman–Crippen LogP) is 3.76. The van der Waals surface area contributed by atoms with Crippen LogP contribution in [0.5, 0.6) is 0 Å². The molecule has 2 rings (SSSR count). The lowest BCUT2D eigenvalue weighted by atomic mass is 10.1. The summed E-state index contributed by atoms with van der Waals surface area (Å²) in [5.41, 5.74) is 1.84. The summed E-state index contributed by atoms with van der Waals surface area (Å²) in [4.78, 5) is 16.0. The van der Waals surface area contributed by atoms with E-state index in [-0.39, 0.29) is 12.3 Å². The number of aliphatic hydroxyl groups excluding tert-OH is 1. The average Bonchev–Trinajstić information content (AvgIpc) is 2.40. The van der Waals surface area contributed by atoms with Gasteiger partial charge in [0, 0.05) is 16.2 Å². The Bertz CT molecular complexity index is 642. The third-order valence-electron chi connectivity index (χ3n) is 2.93. The quantitative estimate of drug-likeness (QED) is 0.900. The van der Waals surface area contributed by atoms with E-state index in [1.165, 1.54) is 0 Å². The van der Waals surface area contributed by atoms with Gasteiger partial charge in [-0.2, -0.15) is 0 Å². The molecule has 0 fully saturated rings. The molecule has 1 amide bonds. The third kappa shape index (κ3) is 4.43. The van der Waals surface area contributed by atoms with Crippen molar-refractivity contribution in [2.75, 3.05) is 5.32 Å². The topological polar surface area (TPSA) is 62.2 Å². The monoisotopic (exact) mass is 324 g/mol. The van der Waals surface area contributed by atoms with Crippen LogP contribution in [-0.4, -0.2) is 16.0 Å². The van der Waals surface area contributed by atoms with Crippen molar-refractivity contribution in [3.8, 4) is 0 Å². The minimum Gasteiger partial charge on any atom is -0.388 e. The molecule has 1 heterocycles. The molecule has 0 spiro atoms. The second-order valence-electron chi connectivity index (χ2n) is 4.61. The van der Waals surface area contributed by atoms with Crippen molar-refractivity contribution in [2.24, 2.45) is 0 Å². The summed E-state index contributed by atoms with van der Waals surface area (Å²) in [5, 5.41) is 13.6. The number of aryl methyl sites for hydroxylation is 1. The van der Waals surface area contributed by atoms with E-state index in [0.717, 1.165) is 0 Å². The Kier molecular flexibility index (Phi) is 5.17. The maximum absolute atomic E-state index is 12.0. The molecule has 0 aliphatic rings. The van der Waals surface area contributed by atoms with Crippen molar-refractivity contribution in [3.05, 3.63) is 57.8 Å². The number of carbonyl (C=O) groups excluding carboxylic acids is 1. The normalized spacial score (nSPS) is 12.0. The van der Waals surface area contributed by atoms with Crippen molar-refractivity contribution in [2.45, 2.75) is 19.4 Å². The largest absolute Gasteiger partial charge is 0.388 e. The van der Waals surface area contributed by atoms with Gasteiger partial charge in [-0.25, -0.2) is 0 Å². The number of pyridine rings is 1. The van der Waals surface area contributed by atoms with Crippen LogP contribution in [0.1, 0.15) is 23.8 Å². The first-order valence-electron chi connectivity index (χ1n) is 6.31. The molecule has 0 saturated heterocycles. The fourth-order valence-corrected chi connectivity index (χ4v) is 2.42. The van der Waals surface area contributed by atoms with Crippen LogP contribution in [0, 0.1) is 6.92 Å². The molecule has 1 atom stereocenters. The Hall–Kier alpha value is -1.62. The smallest absolute Gasteiger partial charge is 0.227 e. The number of nitrogens with one attached hydrogen (secondary N) is 1. The first kappa shape index (κ1) is 15.8. The molecule has 0 bridgehead atoms. The Morgan fingerprint density at radius 2 is 2.00 bits per heavy atom. The van der Waals surface area contributed by atoms with E-state index < -0.39 is 6.10 Å². The number of halogens is 2. The number of nitrogens with zero attached hydrogens (tertiary/aromatic N) is 1. The van der Waals surface area contributed by atoms with Crippen LogP contribution in [0.4, 0.5) is 5.69 Å². The van der Waals surface area contributed by atoms with Gasteiger partial charge in [-0.05, 0) is 42.8 Å². The molecule has 2 N–H and O–H groups in total. The van der Waals surface area contributed by atoms with Gasteiger partial charge < -0.3 is 10.4 Å². The highest BCUT2D eigenvalue weighted by Crippen LogP contribution is 2.25. The zero-order valence-electron chi connectivity index (χ0n) is 11.3. The lowest BCUT2D eigenvalue weighted by Crippen LogP contribution is -2.16. The van der Waals surface area contributed by atoms with Gasteiger partial charge in [0.1, 0.15) is 0 Å². The Morgan fingerprint density at radius 3 is 2.62 bits per heavy atom. The minimum atomic E-state index is -0.974. The zero-order valence-corrected chi connectivity index (χ0v) is 12.8. The van der Waals surface area contributed by atoms with E-state index in [1.807, 2.05) is 0 Å². The number of aliphatic hydroxyl groups is 1. The van der Waals surface area contributed by atoms with E-state index in [4.69, 9.17) is 23.2 Å². The standard InChI is InChI=1S/C15H14Cl2N2O2/c1-9-13(3-2-4-18-9)19-15(21)8-14(20)10-5-11(16)7-12(17)6-10/h2-7,14,20H,8H2,1H3,(H,19,21). The van der Waals surface area contributed by atoms with Crippen LogP contribution in [0.3, 0.4) is 0 Å². The summed E-state index contributed by atoms with van der Waals surface area (Å²) in [6.45, 7) is 1.79. The SMILES string of the molecule is Cc1ncccc1NC(=O)CC(O)c1cc(Cl)cc(Cl)c1. The summed E-state index contributed by atoms with van der Waals surface area (Å²) < 4.78 is 0. The molecular weight excluding hydrogens is 311 g/mol. The molecule has 110 valence electrons. The number of rotatable bonds is 4. The highest BCUT2D eigenvalue weighted by Gasteiger charge is 2.15. The summed E-state index contributed by atoms with van der Waals surface area (Å²) in [6.07, 6.45) is 0.580. The van der Waals surface area contributed by atoms with Gasteiger partial charge in [0.05, 0.1) is 23.9 Å². The van der Waals surface area contributed by atoms with Gasteiger partial charge >= 0.3 is 0 Å². The Labute approximate surface area is 132 Å².